The molecule has 18 nitrogen and oxygen atoms in total. The van der Waals surface area contributed by atoms with E-state index in [4.69, 9.17) is 41.5 Å². The van der Waals surface area contributed by atoms with Gasteiger partial charge in [0, 0.05) is 41.3 Å². The Balaban J connectivity index is -0.000000826. The fourth-order valence-electron chi connectivity index (χ4n) is 4.60. The second-order valence-corrected chi connectivity index (χ2v) is 12.8. The first kappa shape index (κ1) is 55.6. The minimum Gasteiger partial charge on any atom is -0.366 e. The molecule has 0 aromatic carbocycles. The van der Waals surface area contributed by atoms with Crippen molar-refractivity contribution in [1.29, 1.82) is 0 Å². The zero-order chi connectivity index (χ0) is 39.5. The number of aromatic nitrogens is 4. The van der Waals surface area contributed by atoms with E-state index in [2.05, 4.69) is 36.2 Å². The largest absolute Gasteiger partial charge is 0.456 e. The number of azide groups is 1. The molecule has 56 heavy (non-hydrogen) atoms. The molecular weight excluding hydrogens is 810 g/mol. The highest BCUT2D eigenvalue weighted by atomic mass is 32.4. The number of nitrogens with one attached hydrogen (secondary N) is 2. The molecule has 2 aromatic heterocycles. The Morgan fingerprint density at radius 2 is 1.21 bits per heavy atom. The maximum absolute atomic E-state index is 12.8. The van der Waals surface area contributed by atoms with Crippen LogP contribution in [0.3, 0.4) is 0 Å². The number of rotatable bonds is 10. The average Bonchev–Trinajstić information content (AvgIpc) is 3.59. The topological polar surface area (TPSA) is 242 Å². The van der Waals surface area contributed by atoms with Gasteiger partial charge in [0.25, 0.3) is 11.1 Å². The summed E-state index contributed by atoms with van der Waals surface area (Å²) < 4.78 is 111. The molecule has 2 fully saturated rings. The zero-order valence-corrected chi connectivity index (χ0v) is 28.5. The Bertz CT molecular complexity index is 2130. The van der Waals surface area contributed by atoms with Crippen molar-refractivity contribution in [2.75, 3.05) is 26.4 Å². The smallest absolute Gasteiger partial charge is 0.366 e. The van der Waals surface area contributed by atoms with E-state index in [1.54, 1.807) is 6.92 Å². The maximum atomic E-state index is 12.8. The lowest BCUT2D eigenvalue weighted by molar-refractivity contribution is -0.0405. The molecule has 0 spiro atoms. The Morgan fingerprint density at radius 1 is 0.857 bits per heavy atom. The molecule has 2 N–H and O–H groups in total. The van der Waals surface area contributed by atoms with Crippen molar-refractivity contribution in [3.05, 3.63) is 75.6 Å². The molecule has 2 aromatic rings. The number of aryl methyl sites for hydroxylation is 2. The van der Waals surface area contributed by atoms with Gasteiger partial charge in [0.05, 0.1) is 31.4 Å². The first-order chi connectivity index (χ1) is 24.0. The summed E-state index contributed by atoms with van der Waals surface area (Å²) in [5.41, 5.74) is 6.93. The lowest BCUT2D eigenvalue weighted by Gasteiger charge is -2.16. The van der Waals surface area contributed by atoms with Gasteiger partial charge in [0.2, 0.25) is 0 Å². The molecule has 0 saturated carbocycles. The maximum Gasteiger partial charge on any atom is 0.456 e. The molecule has 6 atom stereocenters. The first-order valence-corrected chi connectivity index (χ1v) is 17.1. The monoisotopic (exact) mass is 856 g/mol. The Hall–Kier alpha value is -4.69. The molecule has 4 rings (SSSR count). The molecule has 0 aliphatic carbocycles. The highest BCUT2D eigenvalue weighted by molar-refractivity contribution is 8.01. The average molecular weight is 857 g/mol. The summed E-state index contributed by atoms with van der Waals surface area (Å²) in [7, 11) is -13.4. The first-order valence-electron chi connectivity index (χ1n) is 14.2. The number of aromatic amines is 2. The number of H-pyrrole nitrogens is 2. The minimum atomic E-state index is -8.10. The zero-order valence-electron chi connectivity index (χ0n) is 26.9. The van der Waals surface area contributed by atoms with Crippen LogP contribution >= 0.6 is 0 Å². The van der Waals surface area contributed by atoms with Crippen LogP contribution in [0, 0.1) is 38.5 Å². The molecule has 0 amide bonds. The molecule has 0 bridgehead atoms. The summed E-state index contributed by atoms with van der Waals surface area (Å²) in [4.78, 5) is 53.6. The van der Waals surface area contributed by atoms with Crippen molar-refractivity contribution in [2.45, 2.75) is 93.1 Å². The molecule has 2 aliphatic rings. The summed E-state index contributed by atoms with van der Waals surface area (Å²) in [5.74, 6) is 4.54. The second-order valence-electron chi connectivity index (χ2n) is 10.6. The van der Waals surface area contributed by atoms with Crippen molar-refractivity contribution < 1.29 is 50.7 Å². The number of halogens is 6. The van der Waals surface area contributed by atoms with Crippen LogP contribution in [0.15, 0.2) is 41.0 Å². The van der Waals surface area contributed by atoms with E-state index in [9.17, 15) is 46.7 Å². The number of nitrogens with zero attached hydrogens (tertiary/aromatic N) is 6. The standard InChI is InChI=1S/C13H15F2N3O5S.C13H15N5O4.4CH4.F4OS/c1-3-4-22-7-10-9(17-24(14,15)21)5-11(23-10)18-6-8(2)12(19)16-13(18)20;1-3-4-21-7-10-9(16-17-14)5-11(22-10)18-6-8(2)12(19)15-13(18)20;;;;;1-6(2,3,4)5/h1,6,9-11H,4-5,7H2,2H3,(H,16,19,20);1,6,9-11H,4-5,7H2,2H3,(H,15,19,20);4*1H4;/t2*9-,10-,11-;;;;;/m11...../s1. The third kappa shape index (κ3) is 19.3. The van der Waals surface area contributed by atoms with Gasteiger partial charge in [-0.05, 0) is 19.4 Å². The Kier molecular flexibility index (Phi) is 23.2. The van der Waals surface area contributed by atoms with Gasteiger partial charge in [0.15, 0.2) is 0 Å². The van der Waals surface area contributed by atoms with Gasteiger partial charge in [-0.15, -0.1) is 12.8 Å². The van der Waals surface area contributed by atoms with Crippen LogP contribution < -0.4 is 22.5 Å². The SMILES string of the molecule is C.C.C.C.C#CCOC[C@H]1O[C@@H](n2cc(C)c(=O)[nH]c2=O)C[C@H]1N=S(=O)(F)F.C#CCOC[C@H]1O[C@@H](n2cc(C)c(=O)[nH]c2=O)C[C@H]1N=[N+]=[N-].O=S(F)(F)(F)F. The molecule has 4 heterocycles. The van der Waals surface area contributed by atoms with Gasteiger partial charge in [-0.3, -0.25) is 28.7 Å². The second kappa shape index (κ2) is 23.4. The van der Waals surface area contributed by atoms with Crippen LogP contribution in [-0.4, -0.2) is 78.2 Å². The van der Waals surface area contributed by atoms with Gasteiger partial charge in [0.1, 0.15) is 31.8 Å². The molecule has 0 radical (unpaired) electrons. The van der Waals surface area contributed by atoms with Crippen LogP contribution in [0.5, 0.6) is 0 Å². The number of hydrogen-bond donors (Lipinski definition) is 2. The molecule has 2 aliphatic heterocycles. The molecule has 26 heteroatoms. The third-order valence-electron chi connectivity index (χ3n) is 6.71. The highest BCUT2D eigenvalue weighted by Gasteiger charge is 2.39. The van der Waals surface area contributed by atoms with Gasteiger partial charge in [-0.1, -0.05) is 70.0 Å². The van der Waals surface area contributed by atoms with E-state index in [-0.39, 0.29) is 68.1 Å². The Labute approximate surface area is 319 Å². The van der Waals surface area contributed by atoms with Crippen molar-refractivity contribution in [3.63, 3.8) is 0 Å². The third-order valence-corrected chi connectivity index (χ3v) is 7.23. The lowest BCUT2D eigenvalue weighted by Crippen LogP contribution is -2.33. The molecule has 320 valence electrons. The quantitative estimate of drug-likeness (QED) is 0.0633. The van der Waals surface area contributed by atoms with Crippen molar-refractivity contribution in [3.8, 4) is 24.7 Å². The van der Waals surface area contributed by atoms with Gasteiger partial charge in [-0.25, -0.2) is 9.59 Å². The number of ether oxygens (including phenoxy) is 4. The van der Waals surface area contributed by atoms with Crippen LogP contribution in [0.2, 0.25) is 0 Å². The van der Waals surface area contributed by atoms with E-state index in [1.807, 2.05) is 0 Å². The van der Waals surface area contributed by atoms with Crippen molar-refractivity contribution in [1.82, 2.24) is 19.1 Å². The van der Waals surface area contributed by atoms with E-state index in [1.165, 1.54) is 23.9 Å². The summed E-state index contributed by atoms with van der Waals surface area (Å²) >= 11 is 0. The predicted octanol–water partition coefficient (Wildman–Crippen LogP) is 4.74. The van der Waals surface area contributed by atoms with E-state index in [0.29, 0.717) is 12.0 Å². The fourth-order valence-corrected chi connectivity index (χ4v) is 5.13. The number of hydrogen-bond acceptors (Lipinski definition) is 12. The Morgan fingerprint density at radius 3 is 1.55 bits per heavy atom. The summed E-state index contributed by atoms with van der Waals surface area (Å²) in [6, 6.07) is -1.62. The summed E-state index contributed by atoms with van der Waals surface area (Å²) in [5, 5.41) is 3.67. The van der Waals surface area contributed by atoms with E-state index < -0.39 is 80.4 Å². The van der Waals surface area contributed by atoms with E-state index in [0.717, 1.165) is 4.57 Å². The minimum absolute atomic E-state index is 0. The fraction of sp³-hybridized carbons (Fsp3) is 0.600. The van der Waals surface area contributed by atoms with Crippen LogP contribution in [0.25, 0.3) is 10.4 Å². The van der Waals surface area contributed by atoms with E-state index >= 15 is 0 Å². The normalized spacial score (nSPS) is 21.6. The van der Waals surface area contributed by atoms with Crippen molar-refractivity contribution in [2.24, 2.45) is 9.48 Å². The van der Waals surface area contributed by atoms with Crippen LogP contribution in [0.1, 0.15) is 66.1 Å². The number of terminal acetylenes is 2. The molecular formula is C30H46F6N8O10S2. The van der Waals surface area contributed by atoms with Gasteiger partial charge in [-0.2, -0.15) is 12.8 Å². The van der Waals surface area contributed by atoms with Crippen LogP contribution in [-0.2, 0) is 40.1 Å². The van der Waals surface area contributed by atoms with Gasteiger partial charge >= 0.3 is 32.5 Å². The predicted molar refractivity (Wildman–Crippen MR) is 197 cm³/mol. The van der Waals surface area contributed by atoms with Crippen LogP contribution in [0.4, 0.5) is 23.3 Å². The lowest BCUT2D eigenvalue weighted by atomic mass is 10.1. The summed E-state index contributed by atoms with van der Waals surface area (Å²) in [6.07, 6.45) is 9.94. The molecule has 2 saturated heterocycles. The summed E-state index contributed by atoms with van der Waals surface area (Å²) in [6.45, 7) is 3.13. The van der Waals surface area contributed by atoms with Gasteiger partial charge < -0.3 is 18.9 Å². The molecule has 0 unspecified atom stereocenters. The van der Waals surface area contributed by atoms with Crippen molar-refractivity contribution >= 4 is 21.1 Å². The highest BCUT2D eigenvalue weighted by Crippen LogP contribution is 2.33.